The highest BCUT2D eigenvalue weighted by Crippen LogP contribution is 2.26. The van der Waals surface area contributed by atoms with Crippen LogP contribution >= 0.6 is 0 Å². The highest BCUT2D eigenvalue weighted by molar-refractivity contribution is 7.89. The Morgan fingerprint density at radius 3 is 2.81 bits per heavy atom. The van der Waals surface area contributed by atoms with Gasteiger partial charge in [0.15, 0.2) is 0 Å². The van der Waals surface area contributed by atoms with Gasteiger partial charge in [0.25, 0.3) is 10.0 Å². The topological polar surface area (TPSA) is 72.5 Å². The zero-order valence-corrected chi connectivity index (χ0v) is 9.71. The molecule has 1 aliphatic rings. The first-order valence-electron chi connectivity index (χ1n) is 4.77. The van der Waals surface area contributed by atoms with Crippen LogP contribution in [0.3, 0.4) is 0 Å². The van der Waals surface area contributed by atoms with E-state index in [9.17, 15) is 8.42 Å². The third-order valence-corrected chi connectivity index (χ3v) is 3.59. The highest BCUT2D eigenvalue weighted by Gasteiger charge is 2.24. The Labute approximate surface area is 94.6 Å². The van der Waals surface area contributed by atoms with E-state index in [1.807, 2.05) is 13.0 Å². The summed E-state index contributed by atoms with van der Waals surface area (Å²) in [5.74, 6) is -0.0377. The Kier molecular flexibility index (Phi) is 2.35. The number of nitrogens with zero attached hydrogens (tertiary/aromatic N) is 1. The standard InChI is InChI=1S/C11H12N2O2S/c1-7(2)9-5-3-4-8-6-16(14,15)13-11(12)10(8)9/h3-5H,1,6H2,2H3,(H2,12,13). The second-order valence-corrected chi connectivity index (χ2v) is 5.46. The molecule has 2 rings (SSSR count). The number of benzene rings is 1. The quantitative estimate of drug-likeness (QED) is 0.798. The van der Waals surface area contributed by atoms with Crippen molar-refractivity contribution in [1.29, 1.82) is 0 Å². The van der Waals surface area contributed by atoms with Gasteiger partial charge >= 0.3 is 0 Å². The number of fused-ring (bicyclic) bond motifs is 1. The minimum absolute atomic E-state index is 0.0554. The van der Waals surface area contributed by atoms with Gasteiger partial charge in [-0.1, -0.05) is 30.4 Å². The van der Waals surface area contributed by atoms with E-state index >= 15 is 0 Å². The van der Waals surface area contributed by atoms with E-state index in [4.69, 9.17) is 5.73 Å². The van der Waals surface area contributed by atoms with Crippen molar-refractivity contribution in [1.82, 2.24) is 0 Å². The van der Waals surface area contributed by atoms with Gasteiger partial charge < -0.3 is 5.73 Å². The second-order valence-electron chi connectivity index (χ2n) is 3.82. The molecular formula is C11H12N2O2S. The molecule has 1 heterocycles. The first kappa shape index (κ1) is 10.9. The largest absolute Gasteiger partial charge is 0.383 e. The van der Waals surface area contributed by atoms with Gasteiger partial charge in [-0.2, -0.15) is 0 Å². The summed E-state index contributed by atoms with van der Waals surface area (Å²) >= 11 is 0. The van der Waals surface area contributed by atoms with Crippen molar-refractivity contribution in [3.8, 4) is 0 Å². The van der Waals surface area contributed by atoms with Gasteiger partial charge in [0.1, 0.15) is 5.84 Å². The van der Waals surface area contributed by atoms with Crippen LogP contribution in [0.1, 0.15) is 23.6 Å². The van der Waals surface area contributed by atoms with E-state index in [0.717, 1.165) is 11.1 Å². The first-order valence-corrected chi connectivity index (χ1v) is 6.38. The van der Waals surface area contributed by atoms with E-state index in [2.05, 4.69) is 11.0 Å². The molecule has 0 radical (unpaired) electrons. The molecule has 16 heavy (non-hydrogen) atoms. The summed E-state index contributed by atoms with van der Waals surface area (Å²) in [7, 11) is -3.45. The third kappa shape index (κ3) is 1.74. The monoisotopic (exact) mass is 236 g/mol. The van der Waals surface area contributed by atoms with Crippen molar-refractivity contribution in [3.63, 3.8) is 0 Å². The molecule has 0 spiro atoms. The number of hydrogen-bond acceptors (Lipinski definition) is 3. The molecule has 1 aromatic carbocycles. The molecule has 84 valence electrons. The van der Waals surface area contributed by atoms with E-state index in [-0.39, 0.29) is 11.6 Å². The Balaban J connectivity index is 2.75. The van der Waals surface area contributed by atoms with E-state index < -0.39 is 10.0 Å². The summed E-state index contributed by atoms with van der Waals surface area (Å²) in [6.45, 7) is 5.70. The molecule has 0 atom stereocenters. The zero-order chi connectivity index (χ0) is 11.9. The second kappa shape index (κ2) is 3.45. The van der Waals surface area contributed by atoms with Crippen molar-refractivity contribution in [2.45, 2.75) is 12.7 Å². The SMILES string of the molecule is C=C(C)c1cccc2c1C(N)=NS(=O)(=O)C2. The minimum atomic E-state index is -3.45. The van der Waals surface area contributed by atoms with Gasteiger partial charge in [-0.25, -0.2) is 8.42 Å². The van der Waals surface area contributed by atoms with Crippen molar-refractivity contribution < 1.29 is 8.42 Å². The average Bonchev–Trinajstić information content (AvgIpc) is 2.14. The van der Waals surface area contributed by atoms with E-state index in [0.29, 0.717) is 11.1 Å². The van der Waals surface area contributed by atoms with Crippen molar-refractivity contribution in [3.05, 3.63) is 41.5 Å². The maximum Gasteiger partial charge on any atom is 0.259 e. The number of allylic oxidation sites excluding steroid dienone is 1. The fourth-order valence-corrected chi connectivity index (χ4v) is 2.89. The van der Waals surface area contributed by atoms with E-state index in [1.54, 1.807) is 12.1 Å². The maximum absolute atomic E-state index is 11.4. The number of rotatable bonds is 1. The molecule has 0 unspecified atom stereocenters. The molecule has 4 nitrogen and oxygen atoms in total. The van der Waals surface area contributed by atoms with Crippen molar-refractivity contribution in [2.75, 3.05) is 0 Å². The summed E-state index contributed by atoms with van der Waals surface area (Å²) in [5.41, 5.74) is 8.77. The Morgan fingerprint density at radius 1 is 1.50 bits per heavy atom. The normalized spacial score (nSPS) is 17.4. The van der Waals surface area contributed by atoms with Crippen LogP contribution in [0.4, 0.5) is 0 Å². The van der Waals surface area contributed by atoms with Gasteiger partial charge in [-0.05, 0) is 18.1 Å². The van der Waals surface area contributed by atoms with Crippen LogP contribution in [0.15, 0.2) is 29.2 Å². The molecule has 0 saturated carbocycles. The predicted octanol–water partition coefficient (Wildman–Crippen LogP) is 1.27. The van der Waals surface area contributed by atoms with Crippen LogP contribution in [0.25, 0.3) is 5.57 Å². The molecule has 5 heteroatoms. The molecule has 2 N–H and O–H groups in total. The lowest BCUT2D eigenvalue weighted by Crippen LogP contribution is -2.25. The number of sulfonamides is 1. The van der Waals surface area contributed by atoms with Crippen molar-refractivity contribution in [2.24, 2.45) is 10.1 Å². The Bertz CT molecular complexity index is 600. The van der Waals surface area contributed by atoms with Gasteiger partial charge in [-0.3, -0.25) is 0 Å². The van der Waals surface area contributed by atoms with Crippen LogP contribution in [0.5, 0.6) is 0 Å². The summed E-state index contributed by atoms with van der Waals surface area (Å²) < 4.78 is 26.4. The summed E-state index contributed by atoms with van der Waals surface area (Å²) in [4.78, 5) is 0. The summed E-state index contributed by atoms with van der Waals surface area (Å²) in [5, 5.41) is 0. The molecule has 0 bridgehead atoms. The Hall–Kier alpha value is -1.62. The molecule has 0 fully saturated rings. The van der Waals surface area contributed by atoms with Crippen LogP contribution in [0, 0.1) is 0 Å². The lowest BCUT2D eigenvalue weighted by molar-refractivity contribution is 0.596. The third-order valence-electron chi connectivity index (χ3n) is 2.44. The van der Waals surface area contributed by atoms with Crippen LogP contribution in [-0.4, -0.2) is 14.3 Å². The molecule has 0 aliphatic carbocycles. The maximum atomic E-state index is 11.4. The van der Waals surface area contributed by atoms with Crippen LogP contribution in [-0.2, 0) is 15.8 Å². The zero-order valence-electron chi connectivity index (χ0n) is 8.90. The lowest BCUT2D eigenvalue weighted by atomic mass is 9.97. The molecule has 0 amide bonds. The molecule has 0 saturated heterocycles. The fourth-order valence-electron chi connectivity index (χ4n) is 1.80. The fraction of sp³-hybridized carbons (Fsp3) is 0.182. The van der Waals surface area contributed by atoms with Gasteiger partial charge in [0.05, 0.1) is 5.75 Å². The summed E-state index contributed by atoms with van der Waals surface area (Å²) in [6, 6.07) is 5.42. The molecule has 1 aromatic rings. The Morgan fingerprint density at radius 2 is 2.19 bits per heavy atom. The number of nitrogens with two attached hydrogens (primary N) is 1. The van der Waals surface area contributed by atoms with Gasteiger partial charge in [0, 0.05) is 5.56 Å². The lowest BCUT2D eigenvalue weighted by Gasteiger charge is -2.17. The smallest absolute Gasteiger partial charge is 0.259 e. The average molecular weight is 236 g/mol. The molecule has 0 aromatic heterocycles. The number of amidine groups is 1. The predicted molar refractivity (Wildman–Crippen MR) is 64.5 cm³/mol. The molecular weight excluding hydrogens is 224 g/mol. The van der Waals surface area contributed by atoms with Crippen LogP contribution < -0.4 is 5.73 Å². The highest BCUT2D eigenvalue weighted by atomic mass is 32.2. The number of hydrogen-bond donors (Lipinski definition) is 1. The van der Waals surface area contributed by atoms with Crippen molar-refractivity contribution >= 4 is 21.4 Å². The summed E-state index contributed by atoms with van der Waals surface area (Å²) in [6.07, 6.45) is 0. The van der Waals surface area contributed by atoms with Gasteiger partial charge in [0.2, 0.25) is 0 Å². The first-order chi connectivity index (χ1) is 7.41. The van der Waals surface area contributed by atoms with E-state index in [1.165, 1.54) is 0 Å². The van der Waals surface area contributed by atoms with Crippen LogP contribution in [0.2, 0.25) is 0 Å². The molecule has 1 aliphatic heterocycles. The minimum Gasteiger partial charge on any atom is -0.383 e. The van der Waals surface area contributed by atoms with Gasteiger partial charge in [-0.15, -0.1) is 4.40 Å².